The molecular weight excluding hydrogens is 390 g/mol. The monoisotopic (exact) mass is 413 g/mol. The number of aromatic nitrogens is 3. The molecule has 4 aromatic rings. The molecule has 0 saturated carbocycles. The van der Waals surface area contributed by atoms with Crippen LogP contribution < -0.4 is 4.90 Å². The molecule has 0 atom stereocenters. The molecule has 0 aliphatic carbocycles. The molecule has 3 aromatic heterocycles. The zero-order chi connectivity index (χ0) is 22.1. The largest absolute Gasteiger partial charge is 0.463 e. The number of benzene rings is 1. The Morgan fingerprint density at radius 1 is 1.16 bits per heavy atom. The maximum absolute atomic E-state index is 13.8. The first-order valence-corrected chi connectivity index (χ1v) is 10.2. The first kappa shape index (κ1) is 20.4. The number of carbonyl (C=O) groups excluding carboxylic acids is 1. The Hall–Kier alpha value is -3.92. The molecule has 156 valence electrons. The Labute approximate surface area is 180 Å². The lowest BCUT2D eigenvalue weighted by molar-refractivity contribution is 0.0982. The highest BCUT2D eigenvalue weighted by Gasteiger charge is 2.26. The molecule has 0 unspecified atom stereocenters. The molecule has 0 spiro atoms. The van der Waals surface area contributed by atoms with Gasteiger partial charge in [-0.2, -0.15) is 10.4 Å². The number of pyridine rings is 1. The molecule has 7 heteroatoms. The smallest absolute Gasteiger partial charge is 0.259 e. The lowest BCUT2D eigenvalue weighted by Crippen LogP contribution is -2.37. The van der Waals surface area contributed by atoms with Gasteiger partial charge in [-0.15, -0.1) is 0 Å². The number of amides is 1. The SMILES string of the molecule is CC(C)N(C(=O)c1cc(-c2ccco2)nc2c1cnn2C(C)C)c1cccc(C#N)c1. The zero-order valence-electron chi connectivity index (χ0n) is 17.9. The van der Waals surface area contributed by atoms with Crippen molar-refractivity contribution < 1.29 is 9.21 Å². The number of nitrogens with zero attached hydrogens (tertiary/aromatic N) is 5. The van der Waals surface area contributed by atoms with E-state index >= 15 is 0 Å². The van der Waals surface area contributed by atoms with Gasteiger partial charge in [0.05, 0.1) is 35.0 Å². The summed E-state index contributed by atoms with van der Waals surface area (Å²) in [6, 6.07) is 14.5. The molecule has 0 bridgehead atoms. The van der Waals surface area contributed by atoms with Crippen LogP contribution >= 0.6 is 0 Å². The van der Waals surface area contributed by atoms with E-state index in [4.69, 9.17) is 9.40 Å². The predicted octanol–water partition coefficient (Wildman–Crippen LogP) is 5.20. The normalized spacial score (nSPS) is 11.3. The second-order valence-corrected chi connectivity index (χ2v) is 7.88. The van der Waals surface area contributed by atoms with Gasteiger partial charge >= 0.3 is 0 Å². The summed E-state index contributed by atoms with van der Waals surface area (Å²) in [6.45, 7) is 7.92. The Bertz CT molecular complexity index is 1280. The van der Waals surface area contributed by atoms with E-state index in [1.807, 2.05) is 39.8 Å². The second kappa shape index (κ2) is 8.07. The van der Waals surface area contributed by atoms with Crippen LogP contribution in [-0.2, 0) is 0 Å². The summed E-state index contributed by atoms with van der Waals surface area (Å²) in [5.41, 5.74) is 2.85. The van der Waals surface area contributed by atoms with Crippen molar-refractivity contribution >= 4 is 22.6 Å². The van der Waals surface area contributed by atoms with Gasteiger partial charge in [0.25, 0.3) is 5.91 Å². The fourth-order valence-corrected chi connectivity index (χ4v) is 3.63. The number of nitriles is 1. The highest BCUT2D eigenvalue weighted by molar-refractivity contribution is 6.14. The van der Waals surface area contributed by atoms with Crippen molar-refractivity contribution in [2.45, 2.75) is 39.8 Å². The third-order valence-electron chi connectivity index (χ3n) is 5.05. The van der Waals surface area contributed by atoms with Gasteiger partial charge in [0, 0.05) is 17.8 Å². The second-order valence-electron chi connectivity index (χ2n) is 7.88. The van der Waals surface area contributed by atoms with Crippen molar-refractivity contribution in [1.82, 2.24) is 14.8 Å². The van der Waals surface area contributed by atoms with Gasteiger partial charge in [-0.25, -0.2) is 9.67 Å². The number of anilines is 1. The quantitative estimate of drug-likeness (QED) is 0.449. The molecule has 7 nitrogen and oxygen atoms in total. The molecule has 0 radical (unpaired) electrons. The fraction of sp³-hybridized carbons (Fsp3) is 0.250. The van der Waals surface area contributed by atoms with Gasteiger partial charge in [0.15, 0.2) is 11.4 Å². The standard InChI is InChI=1S/C24H23N5O2/c1-15(2)28(18-8-5-7-17(11-18)13-25)24(30)19-12-21(22-9-6-10-31-22)27-23-20(19)14-26-29(23)16(3)4/h5-12,14-16H,1-4H3. The van der Waals surface area contributed by atoms with Gasteiger partial charge < -0.3 is 9.32 Å². The van der Waals surface area contributed by atoms with Gasteiger partial charge in [-0.05, 0) is 64.1 Å². The van der Waals surface area contributed by atoms with E-state index in [1.165, 1.54) is 0 Å². The van der Waals surface area contributed by atoms with Crippen molar-refractivity contribution in [2.75, 3.05) is 4.90 Å². The fourth-order valence-electron chi connectivity index (χ4n) is 3.63. The molecular formula is C24H23N5O2. The first-order valence-electron chi connectivity index (χ1n) is 10.2. The molecule has 0 aliphatic rings. The minimum absolute atomic E-state index is 0.0771. The van der Waals surface area contributed by atoms with E-state index in [0.29, 0.717) is 39.3 Å². The van der Waals surface area contributed by atoms with E-state index in [-0.39, 0.29) is 18.0 Å². The maximum atomic E-state index is 13.8. The minimum Gasteiger partial charge on any atom is -0.463 e. The number of hydrogen-bond acceptors (Lipinski definition) is 5. The molecule has 3 heterocycles. The van der Waals surface area contributed by atoms with Crippen LogP contribution in [0.1, 0.15) is 49.7 Å². The summed E-state index contributed by atoms with van der Waals surface area (Å²) in [7, 11) is 0. The third-order valence-corrected chi connectivity index (χ3v) is 5.05. The third kappa shape index (κ3) is 3.68. The van der Waals surface area contributed by atoms with Gasteiger partial charge in [0.2, 0.25) is 0 Å². The van der Waals surface area contributed by atoms with Gasteiger partial charge in [0.1, 0.15) is 5.69 Å². The maximum Gasteiger partial charge on any atom is 0.259 e. The average molecular weight is 413 g/mol. The summed E-state index contributed by atoms with van der Waals surface area (Å²) in [5, 5.41) is 14.4. The molecule has 31 heavy (non-hydrogen) atoms. The number of hydrogen-bond donors (Lipinski definition) is 0. The summed E-state index contributed by atoms with van der Waals surface area (Å²) in [4.78, 5) is 20.3. The molecule has 0 N–H and O–H groups in total. The summed E-state index contributed by atoms with van der Waals surface area (Å²) in [6.07, 6.45) is 3.27. The predicted molar refractivity (Wildman–Crippen MR) is 119 cm³/mol. The van der Waals surface area contributed by atoms with E-state index in [2.05, 4.69) is 11.2 Å². The number of carbonyl (C=O) groups is 1. The number of fused-ring (bicyclic) bond motifs is 1. The van der Waals surface area contributed by atoms with Crippen molar-refractivity contribution in [2.24, 2.45) is 0 Å². The minimum atomic E-state index is -0.186. The Kier molecular flexibility index (Phi) is 5.30. The van der Waals surface area contributed by atoms with Crippen molar-refractivity contribution in [3.8, 4) is 17.5 Å². The van der Waals surface area contributed by atoms with E-state index in [1.54, 1.807) is 52.4 Å². The molecule has 4 rings (SSSR count). The van der Waals surface area contributed by atoms with E-state index in [0.717, 1.165) is 0 Å². The van der Waals surface area contributed by atoms with Crippen LogP contribution in [0.15, 0.2) is 59.3 Å². The van der Waals surface area contributed by atoms with Crippen LogP contribution in [0.5, 0.6) is 0 Å². The van der Waals surface area contributed by atoms with Crippen LogP contribution in [0, 0.1) is 11.3 Å². The van der Waals surface area contributed by atoms with Crippen LogP contribution in [0.4, 0.5) is 5.69 Å². The van der Waals surface area contributed by atoms with E-state index in [9.17, 15) is 10.1 Å². The van der Waals surface area contributed by atoms with E-state index < -0.39 is 0 Å². The van der Waals surface area contributed by atoms with Crippen molar-refractivity contribution in [1.29, 1.82) is 5.26 Å². The van der Waals surface area contributed by atoms with Gasteiger partial charge in [-0.3, -0.25) is 4.79 Å². The summed E-state index contributed by atoms with van der Waals surface area (Å²) in [5.74, 6) is 0.392. The molecule has 1 amide bonds. The van der Waals surface area contributed by atoms with Crippen LogP contribution in [-0.4, -0.2) is 26.7 Å². The van der Waals surface area contributed by atoms with Crippen LogP contribution in [0.25, 0.3) is 22.5 Å². The first-order chi connectivity index (χ1) is 14.9. The van der Waals surface area contributed by atoms with Crippen LogP contribution in [0.3, 0.4) is 0 Å². The van der Waals surface area contributed by atoms with Crippen molar-refractivity contribution in [3.63, 3.8) is 0 Å². The number of rotatable bonds is 5. The average Bonchev–Trinajstić information content (AvgIpc) is 3.43. The Balaban J connectivity index is 1.92. The molecule has 1 aromatic carbocycles. The highest BCUT2D eigenvalue weighted by atomic mass is 16.3. The number of furan rings is 1. The molecule has 0 saturated heterocycles. The summed E-state index contributed by atoms with van der Waals surface area (Å²) >= 11 is 0. The molecule has 0 aliphatic heterocycles. The lowest BCUT2D eigenvalue weighted by Gasteiger charge is -2.27. The summed E-state index contributed by atoms with van der Waals surface area (Å²) < 4.78 is 7.35. The lowest BCUT2D eigenvalue weighted by atomic mass is 10.1. The van der Waals surface area contributed by atoms with Crippen LogP contribution in [0.2, 0.25) is 0 Å². The highest BCUT2D eigenvalue weighted by Crippen LogP contribution is 2.29. The Morgan fingerprint density at radius 3 is 2.61 bits per heavy atom. The Morgan fingerprint density at radius 2 is 1.97 bits per heavy atom. The molecule has 0 fully saturated rings. The zero-order valence-corrected chi connectivity index (χ0v) is 17.9. The van der Waals surface area contributed by atoms with Crippen molar-refractivity contribution in [3.05, 3.63) is 66.1 Å². The topological polar surface area (TPSA) is 87.9 Å². The van der Waals surface area contributed by atoms with Gasteiger partial charge in [-0.1, -0.05) is 6.07 Å².